The Morgan fingerprint density at radius 1 is 0.850 bits per heavy atom. The summed E-state index contributed by atoms with van der Waals surface area (Å²) < 4.78 is 0. The van der Waals surface area contributed by atoms with E-state index in [-0.39, 0.29) is 35.1 Å². The van der Waals surface area contributed by atoms with E-state index < -0.39 is 40.0 Å². The van der Waals surface area contributed by atoms with Gasteiger partial charge >= 0.3 is 47.5 Å². The zero-order chi connectivity index (χ0) is 15.0. The Morgan fingerprint density at radius 2 is 1.30 bits per heavy atom. The van der Waals surface area contributed by atoms with Crippen molar-refractivity contribution in [2.24, 2.45) is 0 Å². The van der Waals surface area contributed by atoms with Gasteiger partial charge in [-0.15, -0.1) is 0 Å². The summed E-state index contributed by atoms with van der Waals surface area (Å²) in [5.41, 5.74) is -2.03. The van der Waals surface area contributed by atoms with E-state index in [1.807, 2.05) is 0 Å². The van der Waals surface area contributed by atoms with Crippen molar-refractivity contribution < 1.29 is 29.7 Å². The van der Waals surface area contributed by atoms with E-state index in [0.29, 0.717) is 0 Å². The van der Waals surface area contributed by atoms with Gasteiger partial charge < -0.3 is 15.3 Å². The summed E-state index contributed by atoms with van der Waals surface area (Å²) in [6, 6.07) is 2.47. The van der Waals surface area contributed by atoms with Crippen molar-refractivity contribution in [2.45, 2.75) is 26.2 Å². The summed E-state index contributed by atoms with van der Waals surface area (Å²) in [6.45, 7) is 5.17. The van der Waals surface area contributed by atoms with Gasteiger partial charge in [0.15, 0.2) is 0 Å². The molecule has 0 atom stereocenters. The Balaban J connectivity index is 0.00000361. The van der Waals surface area contributed by atoms with Gasteiger partial charge in [0, 0.05) is 0 Å². The van der Waals surface area contributed by atoms with Gasteiger partial charge in [-0.25, -0.2) is 14.4 Å². The van der Waals surface area contributed by atoms with Crippen molar-refractivity contribution in [2.75, 3.05) is 0 Å². The van der Waals surface area contributed by atoms with Crippen LogP contribution in [0.25, 0.3) is 0 Å². The fourth-order valence-electron chi connectivity index (χ4n) is 1.85. The van der Waals surface area contributed by atoms with Gasteiger partial charge in [-0.3, -0.25) is 0 Å². The van der Waals surface area contributed by atoms with E-state index in [1.165, 1.54) is 6.07 Å². The number of carboxylic acid groups (broad SMARTS) is 3. The van der Waals surface area contributed by atoms with Crippen LogP contribution >= 0.6 is 0 Å². The zero-order valence-corrected chi connectivity index (χ0v) is 10.7. The van der Waals surface area contributed by atoms with E-state index in [0.717, 1.165) is 6.07 Å². The number of carbonyl (C=O) groups is 3. The second-order valence-electron chi connectivity index (χ2n) is 5.08. The molecule has 0 fully saturated rings. The quantitative estimate of drug-likeness (QED) is 0.726. The summed E-state index contributed by atoms with van der Waals surface area (Å²) in [7, 11) is 0. The third-order valence-electron chi connectivity index (χ3n) is 2.67. The molecule has 1 aromatic rings. The SMILES string of the molecule is CC(C)(C)c1ccc(C(=O)O)c(C(=O)O)c1C(=O)O.[NaH]. The summed E-state index contributed by atoms with van der Waals surface area (Å²) in [4.78, 5) is 33.5. The molecule has 20 heavy (non-hydrogen) atoms. The number of carboxylic acids is 3. The van der Waals surface area contributed by atoms with E-state index in [2.05, 4.69) is 0 Å². The second kappa shape index (κ2) is 6.39. The predicted molar refractivity (Wildman–Crippen MR) is 73.2 cm³/mol. The molecule has 0 aromatic heterocycles. The number of hydrogen-bond acceptors (Lipinski definition) is 3. The van der Waals surface area contributed by atoms with Crippen LogP contribution in [0.5, 0.6) is 0 Å². The molecule has 0 aliphatic carbocycles. The number of rotatable bonds is 3. The minimum absolute atomic E-state index is 0. The Hall–Kier alpha value is -1.37. The van der Waals surface area contributed by atoms with Crippen molar-refractivity contribution in [3.63, 3.8) is 0 Å². The normalized spacial score (nSPS) is 10.6. The first-order valence-corrected chi connectivity index (χ1v) is 5.44. The molecule has 0 unspecified atom stereocenters. The van der Waals surface area contributed by atoms with E-state index in [1.54, 1.807) is 20.8 Å². The fraction of sp³-hybridized carbons (Fsp3) is 0.308. The summed E-state index contributed by atoms with van der Waals surface area (Å²) in [5, 5.41) is 27.3. The molecule has 3 N–H and O–H groups in total. The Bertz CT molecular complexity index is 571. The van der Waals surface area contributed by atoms with Gasteiger partial charge in [0.05, 0.1) is 16.7 Å². The molecule has 104 valence electrons. The third kappa shape index (κ3) is 3.59. The van der Waals surface area contributed by atoms with Crippen molar-refractivity contribution in [1.29, 1.82) is 0 Å². The second-order valence-corrected chi connectivity index (χ2v) is 5.08. The first kappa shape index (κ1) is 18.6. The molecular weight excluding hydrogens is 275 g/mol. The number of aromatic carboxylic acids is 3. The van der Waals surface area contributed by atoms with Gasteiger partial charge in [0.25, 0.3) is 0 Å². The van der Waals surface area contributed by atoms with Crippen LogP contribution in [0, 0.1) is 0 Å². The van der Waals surface area contributed by atoms with Crippen LogP contribution in [0.3, 0.4) is 0 Å². The van der Waals surface area contributed by atoms with Gasteiger partial charge in [-0.1, -0.05) is 26.8 Å². The van der Waals surface area contributed by atoms with Crippen LogP contribution in [0.2, 0.25) is 0 Å². The first-order valence-electron chi connectivity index (χ1n) is 5.44. The van der Waals surface area contributed by atoms with Crippen LogP contribution < -0.4 is 0 Å². The Kier molecular flexibility index (Phi) is 5.95. The molecule has 0 radical (unpaired) electrons. The van der Waals surface area contributed by atoms with Crippen LogP contribution in [-0.2, 0) is 5.41 Å². The van der Waals surface area contributed by atoms with Crippen LogP contribution in [0.1, 0.15) is 57.4 Å². The number of benzene rings is 1. The molecule has 7 heteroatoms. The van der Waals surface area contributed by atoms with Crippen LogP contribution in [0.4, 0.5) is 0 Å². The first-order chi connectivity index (χ1) is 8.57. The molecule has 0 bridgehead atoms. The number of hydrogen-bond donors (Lipinski definition) is 3. The molecule has 0 saturated carbocycles. The van der Waals surface area contributed by atoms with Gasteiger partial charge in [0.2, 0.25) is 0 Å². The molecule has 0 aliphatic rings. The maximum atomic E-state index is 11.3. The van der Waals surface area contributed by atoms with Gasteiger partial charge in [0.1, 0.15) is 0 Å². The fourth-order valence-corrected chi connectivity index (χ4v) is 1.85. The van der Waals surface area contributed by atoms with Crippen LogP contribution in [0.15, 0.2) is 12.1 Å². The van der Waals surface area contributed by atoms with E-state index >= 15 is 0 Å². The van der Waals surface area contributed by atoms with Gasteiger partial charge in [-0.05, 0) is 17.0 Å². The third-order valence-corrected chi connectivity index (χ3v) is 2.67. The van der Waals surface area contributed by atoms with E-state index in [4.69, 9.17) is 10.2 Å². The average Bonchev–Trinajstić information content (AvgIpc) is 2.25. The van der Waals surface area contributed by atoms with Gasteiger partial charge in [-0.2, -0.15) is 0 Å². The van der Waals surface area contributed by atoms with Crippen molar-refractivity contribution >= 4 is 47.5 Å². The molecule has 0 spiro atoms. The predicted octanol–water partition coefficient (Wildman–Crippen LogP) is 1.43. The molecule has 1 rings (SSSR count). The average molecular weight is 290 g/mol. The minimum atomic E-state index is -1.57. The van der Waals surface area contributed by atoms with Crippen molar-refractivity contribution in [3.05, 3.63) is 34.4 Å². The topological polar surface area (TPSA) is 112 Å². The molecule has 0 saturated heterocycles. The zero-order valence-electron chi connectivity index (χ0n) is 10.7. The molecular formula is C13H15NaO6. The molecule has 6 nitrogen and oxygen atoms in total. The van der Waals surface area contributed by atoms with E-state index in [9.17, 15) is 19.5 Å². The molecule has 0 heterocycles. The summed E-state index contributed by atoms with van der Waals surface area (Å²) in [6.07, 6.45) is 0. The van der Waals surface area contributed by atoms with Crippen LogP contribution in [-0.4, -0.2) is 62.8 Å². The van der Waals surface area contributed by atoms with Crippen molar-refractivity contribution in [3.8, 4) is 0 Å². The monoisotopic (exact) mass is 290 g/mol. The molecule has 1 aromatic carbocycles. The maximum absolute atomic E-state index is 11.3. The molecule has 0 amide bonds. The molecule has 0 aliphatic heterocycles. The summed E-state index contributed by atoms with van der Waals surface area (Å²) >= 11 is 0. The Morgan fingerprint density at radius 3 is 1.60 bits per heavy atom. The summed E-state index contributed by atoms with van der Waals surface area (Å²) in [5.74, 6) is -4.49. The van der Waals surface area contributed by atoms with Crippen molar-refractivity contribution in [1.82, 2.24) is 0 Å². The Labute approximate surface area is 137 Å². The standard InChI is InChI=1S/C13H14O6.Na.H/c1-13(2,3)7-5-4-6(10(14)15)8(11(16)17)9(7)12(18)19;;/h4-5H,1-3H3,(H,14,15)(H,16,17)(H,18,19);;.